The Hall–Kier alpha value is -0.630. The fourth-order valence-corrected chi connectivity index (χ4v) is 1.15. The maximum absolute atomic E-state index is 10.6. The average Bonchev–Trinajstić information content (AvgIpc) is 1.98. The molecular weight excluding hydrogens is 205 g/mol. The van der Waals surface area contributed by atoms with Gasteiger partial charge in [0.15, 0.2) is 12.3 Å². The van der Waals surface area contributed by atoms with E-state index in [0.717, 1.165) is 5.48 Å². The van der Waals surface area contributed by atoms with E-state index >= 15 is 0 Å². The van der Waals surface area contributed by atoms with Gasteiger partial charge in [0, 0.05) is 0 Å². The van der Waals surface area contributed by atoms with Crippen molar-refractivity contribution in [2.45, 2.75) is 6.10 Å². The molecule has 0 aromatic heterocycles. The Labute approximate surface area is 73.0 Å². The lowest BCUT2D eigenvalue weighted by molar-refractivity contribution is -0.147. The van der Waals surface area contributed by atoms with Crippen molar-refractivity contribution in [3.63, 3.8) is 0 Å². The number of hydrogen-bond acceptors (Lipinski definition) is 7. The van der Waals surface area contributed by atoms with Gasteiger partial charge < -0.3 is 5.11 Å². The first-order valence-corrected chi connectivity index (χ1v) is 4.84. The van der Waals surface area contributed by atoms with Crippen molar-refractivity contribution in [3.8, 4) is 0 Å². The van der Waals surface area contributed by atoms with Gasteiger partial charge in [0.25, 0.3) is 5.78 Å². The first-order chi connectivity index (χ1) is 5.78. The van der Waals surface area contributed by atoms with E-state index in [0.29, 0.717) is 0 Å². The van der Waals surface area contributed by atoms with E-state index in [-0.39, 0.29) is 0 Å². The molecule has 13 heavy (non-hydrogen) atoms. The Bertz CT molecular complexity index is 211. The number of rotatable bonds is 4. The van der Waals surface area contributed by atoms with Crippen molar-refractivity contribution in [1.29, 1.82) is 0 Å². The van der Waals surface area contributed by atoms with Crippen LogP contribution in [-0.4, -0.2) is 49.0 Å². The second-order valence-corrected chi connectivity index (χ2v) is 3.95. The summed E-state index contributed by atoms with van der Waals surface area (Å²) in [5.41, 5.74) is 0.950. The molecule has 0 fully saturated rings. The number of hydroxylamine groups is 1. The number of carbonyl (C=O) groups is 2. The molecule has 1 amide bonds. The molecule has 8 nitrogen and oxygen atoms in total. The highest BCUT2D eigenvalue weighted by molar-refractivity contribution is 7.58. The van der Waals surface area contributed by atoms with E-state index in [9.17, 15) is 9.59 Å². The van der Waals surface area contributed by atoms with Crippen LogP contribution < -0.4 is 5.48 Å². The van der Waals surface area contributed by atoms with Crippen LogP contribution in [0.5, 0.6) is 0 Å². The van der Waals surface area contributed by atoms with E-state index < -0.39 is 31.9 Å². The number of Topliss-reactive ketones (excluding diaryl/α,β-unsaturated/α-hetero) is 1. The van der Waals surface area contributed by atoms with Gasteiger partial charge in [0.05, 0.1) is 0 Å². The van der Waals surface area contributed by atoms with Crippen LogP contribution in [0.1, 0.15) is 0 Å². The van der Waals surface area contributed by atoms with E-state index in [2.05, 4.69) is 0 Å². The van der Waals surface area contributed by atoms with Crippen LogP contribution in [0.4, 0.5) is 0 Å². The minimum absolute atomic E-state index is 0.950. The lowest BCUT2D eigenvalue weighted by Crippen LogP contribution is -2.38. The molecule has 0 aromatic rings. The quantitative estimate of drug-likeness (QED) is 0.128. The molecule has 0 aliphatic rings. The van der Waals surface area contributed by atoms with Crippen molar-refractivity contribution in [2.75, 3.05) is 6.16 Å². The summed E-state index contributed by atoms with van der Waals surface area (Å²) in [5, 5.41) is 16.7. The number of ketones is 1. The zero-order chi connectivity index (χ0) is 10.6. The third-order valence-electron chi connectivity index (χ3n) is 1.05. The molecule has 0 rings (SSSR count). The van der Waals surface area contributed by atoms with Gasteiger partial charge in [-0.2, -0.15) is 14.7 Å². The van der Waals surface area contributed by atoms with Gasteiger partial charge in [-0.1, -0.05) is 0 Å². The van der Waals surface area contributed by atoms with Crippen LogP contribution in [0.3, 0.4) is 0 Å². The summed E-state index contributed by atoms with van der Waals surface area (Å²) in [6.07, 6.45) is -3.10. The molecule has 6 N–H and O–H groups in total. The molecular formula is C4H9NO7P+. The number of aliphatic hydroxyl groups excluding tert-OH is 1. The van der Waals surface area contributed by atoms with Gasteiger partial charge in [-0.15, -0.1) is 0 Å². The first-order valence-electron chi connectivity index (χ1n) is 3.00. The predicted octanol–water partition coefficient (Wildman–Crippen LogP) is -2.84. The zero-order valence-electron chi connectivity index (χ0n) is 6.28. The number of hydrogen-bond donors (Lipinski definition) is 6. The van der Waals surface area contributed by atoms with E-state index in [1.54, 1.807) is 0 Å². The summed E-state index contributed by atoms with van der Waals surface area (Å²) in [5.74, 6) is -2.97. The fraction of sp³-hybridized carbons (Fsp3) is 0.500. The summed E-state index contributed by atoms with van der Waals surface area (Å²) < 4.78 is 0. The highest BCUT2D eigenvalue weighted by Gasteiger charge is 2.38. The molecule has 0 spiro atoms. The zero-order valence-corrected chi connectivity index (χ0v) is 7.18. The molecule has 0 radical (unpaired) electrons. The molecule has 0 bridgehead atoms. The summed E-state index contributed by atoms with van der Waals surface area (Å²) in [6, 6.07) is 0. The van der Waals surface area contributed by atoms with Crippen molar-refractivity contribution < 1.29 is 34.6 Å². The van der Waals surface area contributed by atoms with Crippen LogP contribution in [0.15, 0.2) is 0 Å². The number of nitrogens with one attached hydrogen (secondary N) is 1. The minimum Gasteiger partial charge on any atom is -0.381 e. The van der Waals surface area contributed by atoms with Crippen molar-refractivity contribution in [3.05, 3.63) is 0 Å². The standard InChI is InChI=1S/C4H8NO7P/c6-2(1-13(10,11)12)3(7)4(8)5-9/h2,6,10-12H,1H2,(H-,5,7,8,9)/p+1/t2-/m1/s1. The van der Waals surface area contributed by atoms with E-state index in [1.165, 1.54) is 0 Å². The van der Waals surface area contributed by atoms with Gasteiger partial charge in [0.1, 0.15) is 0 Å². The minimum atomic E-state index is -4.31. The van der Waals surface area contributed by atoms with Crippen LogP contribution in [0, 0.1) is 0 Å². The molecule has 9 heteroatoms. The van der Waals surface area contributed by atoms with Gasteiger partial charge >= 0.3 is 13.9 Å². The normalized spacial score (nSPS) is 13.6. The van der Waals surface area contributed by atoms with Crippen LogP contribution in [0.2, 0.25) is 0 Å². The summed E-state index contributed by atoms with van der Waals surface area (Å²) in [6.45, 7) is 0. The maximum Gasteiger partial charge on any atom is 0.406 e. The number of carbonyl (C=O) groups excluding carboxylic acids is 2. The Balaban J connectivity index is 4.20. The average molecular weight is 214 g/mol. The molecule has 0 saturated heterocycles. The molecule has 0 aliphatic heterocycles. The Morgan fingerprint density at radius 2 is 1.77 bits per heavy atom. The Morgan fingerprint density at radius 3 is 2.08 bits per heavy atom. The highest BCUT2D eigenvalue weighted by Crippen LogP contribution is 2.44. The molecule has 0 aromatic carbocycles. The predicted molar refractivity (Wildman–Crippen MR) is 39.4 cm³/mol. The molecule has 0 saturated carbocycles. The van der Waals surface area contributed by atoms with E-state index in [4.69, 9.17) is 25.0 Å². The molecule has 0 aliphatic carbocycles. The topological polar surface area (TPSA) is 147 Å². The first kappa shape index (κ1) is 12.4. The van der Waals surface area contributed by atoms with Crippen LogP contribution >= 0.6 is 7.94 Å². The van der Waals surface area contributed by atoms with E-state index in [1.807, 2.05) is 0 Å². The van der Waals surface area contributed by atoms with Crippen LogP contribution in [-0.2, 0) is 9.59 Å². The second-order valence-electron chi connectivity index (χ2n) is 2.20. The molecule has 1 atom stereocenters. The Kier molecular flexibility index (Phi) is 4.34. The largest absolute Gasteiger partial charge is 0.406 e. The van der Waals surface area contributed by atoms with Crippen molar-refractivity contribution in [2.24, 2.45) is 0 Å². The van der Waals surface area contributed by atoms with Gasteiger partial charge in [-0.25, -0.2) is 5.48 Å². The third kappa shape index (κ3) is 4.83. The number of aliphatic hydroxyl groups is 1. The molecule has 0 heterocycles. The third-order valence-corrected chi connectivity index (χ3v) is 1.88. The molecule has 76 valence electrons. The van der Waals surface area contributed by atoms with Crippen molar-refractivity contribution in [1.82, 2.24) is 5.48 Å². The summed E-state index contributed by atoms with van der Waals surface area (Å²) >= 11 is 0. The maximum atomic E-state index is 10.6. The smallest absolute Gasteiger partial charge is 0.381 e. The van der Waals surface area contributed by atoms with Gasteiger partial charge in [-0.3, -0.25) is 14.8 Å². The fourth-order valence-electron chi connectivity index (χ4n) is 0.521. The lowest BCUT2D eigenvalue weighted by Gasteiger charge is -2.08. The lowest BCUT2D eigenvalue weighted by atomic mass is 10.2. The summed E-state index contributed by atoms with van der Waals surface area (Å²) in [4.78, 5) is 46.2. The molecule has 0 unspecified atom stereocenters. The van der Waals surface area contributed by atoms with Gasteiger partial charge in [-0.05, 0) is 0 Å². The monoisotopic (exact) mass is 214 g/mol. The number of amides is 1. The summed E-state index contributed by atoms with van der Waals surface area (Å²) in [7, 11) is -4.31. The van der Waals surface area contributed by atoms with Gasteiger partial charge in [0.2, 0.25) is 0 Å². The highest BCUT2D eigenvalue weighted by atomic mass is 31.2. The second kappa shape index (κ2) is 4.56. The SMILES string of the molecule is O=C(NO)C(=O)[C@H](O)C[P+](O)(O)O. The van der Waals surface area contributed by atoms with Crippen LogP contribution in [0.25, 0.3) is 0 Å². The van der Waals surface area contributed by atoms with Crippen molar-refractivity contribution >= 4 is 19.6 Å². The Morgan fingerprint density at radius 1 is 1.31 bits per heavy atom.